The van der Waals surface area contributed by atoms with Crippen LogP contribution in [0.1, 0.15) is 104 Å². The fourth-order valence-corrected chi connectivity index (χ4v) is 3.27. The van der Waals surface area contributed by atoms with E-state index in [4.69, 9.17) is 0 Å². The van der Waals surface area contributed by atoms with Crippen molar-refractivity contribution in [2.24, 2.45) is 0 Å². The van der Waals surface area contributed by atoms with Gasteiger partial charge in [0.2, 0.25) is 0 Å². The van der Waals surface area contributed by atoms with Crippen LogP contribution in [0.15, 0.2) is 22.8 Å². The lowest BCUT2D eigenvalue weighted by molar-refractivity contribution is 0.678. The van der Waals surface area contributed by atoms with Gasteiger partial charge in [-0.25, -0.2) is 0 Å². The molecule has 1 rings (SSSR count). The fraction of sp³-hybridized carbons (Fsp3) is 0.800. The number of unbranched alkanes of at least 4 members (excludes halogenated alkanes) is 6. The van der Waals surface area contributed by atoms with Crippen LogP contribution in [0.25, 0.3) is 0 Å². The molecule has 0 aromatic carbocycles. The minimum atomic E-state index is 1.27. The monoisotopic (exact) mass is 276 g/mol. The zero-order chi connectivity index (χ0) is 14.6. The Balaban J connectivity index is 2.53. The van der Waals surface area contributed by atoms with Crippen LogP contribution in [0.3, 0.4) is 0 Å². The average Bonchev–Trinajstić information content (AvgIpc) is 2.83. The van der Waals surface area contributed by atoms with Crippen LogP contribution < -0.4 is 0 Å². The summed E-state index contributed by atoms with van der Waals surface area (Å²) in [7, 11) is 0. The van der Waals surface area contributed by atoms with Crippen LogP contribution >= 0.6 is 0 Å². The van der Waals surface area contributed by atoms with Crippen LogP contribution in [-0.4, -0.2) is 0 Å². The summed E-state index contributed by atoms with van der Waals surface area (Å²) in [5.74, 6) is 0. The number of hydrogen-bond donors (Lipinski definition) is 0. The van der Waals surface area contributed by atoms with Crippen molar-refractivity contribution in [2.45, 2.75) is 104 Å². The van der Waals surface area contributed by atoms with Gasteiger partial charge in [0, 0.05) is 0 Å². The van der Waals surface area contributed by atoms with E-state index in [-0.39, 0.29) is 0 Å². The molecule has 0 aromatic heterocycles. The van der Waals surface area contributed by atoms with Crippen molar-refractivity contribution in [1.82, 2.24) is 0 Å². The SMILES string of the molecule is CCCCCC1=CCC(CCCCC)=C1CCCCC. The molecule has 0 aromatic rings. The minimum absolute atomic E-state index is 1.27. The lowest BCUT2D eigenvalue weighted by Crippen LogP contribution is -1.93. The van der Waals surface area contributed by atoms with Gasteiger partial charge >= 0.3 is 0 Å². The third kappa shape index (κ3) is 6.29. The maximum atomic E-state index is 2.55. The first-order chi connectivity index (χ1) is 9.83. The summed E-state index contributed by atoms with van der Waals surface area (Å²) >= 11 is 0. The summed E-state index contributed by atoms with van der Waals surface area (Å²) in [5.41, 5.74) is 5.30. The second-order valence-corrected chi connectivity index (χ2v) is 6.39. The van der Waals surface area contributed by atoms with E-state index in [0.29, 0.717) is 0 Å². The van der Waals surface area contributed by atoms with Gasteiger partial charge < -0.3 is 0 Å². The molecule has 0 radical (unpaired) electrons. The largest absolute Gasteiger partial charge is 0.0770 e. The van der Waals surface area contributed by atoms with Crippen molar-refractivity contribution in [3.05, 3.63) is 22.8 Å². The standard InChI is InChI=1S/C20H36/c1-4-7-10-13-18-16-17-19(14-11-8-5-2)20(18)15-12-9-6-3/h16H,4-15,17H2,1-3H3. The van der Waals surface area contributed by atoms with Crippen molar-refractivity contribution in [3.8, 4) is 0 Å². The Hall–Kier alpha value is -0.520. The predicted molar refractivity (Wildman–Crippen MR) is 92.2 cm³/mol. The molecule has 0 heteroatoms. The highest BCUT2D eigenvalue weighted by molar-refractivity contribution is 5.42. The Kier molecular flexibility index (Phi) is 9.79. The maximum Gasteiger partial charge on any atom is -0.0127 e. The Labute approximate surface area is 127 Å². The van der Waals surface area contributed by atoms with E-state index < -0.39 is 0 Å². The molecule has 1 aliphatic rings. The van der Waals surface area contributed by atoms with E-state index in [9.17, 15) is 0 Å². The summed E-state index contributed by atoms with van der Waals surface area (Å²) in [5, 5.41) is 0. The smallest absolute Gasteiger partial charge is 0.0127 e. The summed E-state index contributed by atoms with van der Waals surface area (Å²) in [6.45, 7) is 6.92. The molecule has 0 aliphatic heterocycles. The Morgan fingerprint density at radius 3 is 1.85 bits per heavy atom. The second-order valence-electron chi connectivity index (χ2n) is 6.39. The molecular weight excluding hydrogens is 240 g/mol. The first-order valence-electron chi connectivity index (χ1n) is 9.23. The highest BCUT2D eigenvalue weighted by Gasteiger charge is 2.16. The molecule has 0 unspecified atom stereocenters. The lowest BCUT2D eigenvalue weighted by Gasteiger charge is -2.12. The van der Waals surface area contributed by atoms with Crippen molar-refractivity contribution < 1.29 is 0 Å². The molecule has 0 fully saturated rings. The number of allylic oxidation sites excluding steroid dienone is 4. The van der Waals surface area contributed by atoms with Crippen molar-refractivity contribution >= 4 is 0 Å². The quantitative estimate of drug-likeness (QED) is 0.327. The second kappa shape index (κ2) is 11.2. The van der Waals surface area contributed by atoms with Crippen molar-refractivity contribution in [2.75, 3.05) is 0 Å². The van der Waals surface area contributed by atoms with Crippen LogP contribution in [0, 0.1) is 0 Å². The molecular formula is C20H36. The average molecular weight is 277 g/mol. The van der Waals surface area contributed by atoms with Gasteiger partial charge in [-0.3, -0.25) is 0 Å². The van der Waals surface area contributed by atoms with E-state index in [1.54, 1.807) is 16.7 Å². The van der Waals surface area contributed by atoms with Crippen molar-refractivity contribution in [1.29, 1.82) is 0 Å². The third-order valence-electron chi connectivity index (χ3n) is 4.57. The van der Waals surface area contributed by atoms with Crippen LogP contribution in [0.5, 0.6) is 0 Å². The zero-order valence-corrected chi connectivity index (χ0v) is 14.3. The third-order valence-corrected chi connectivity index (χ3v) is 4.57. The van der Waals surface area contributed by atoms with Gasteiger partial charge in [0.25, 0.3) is 0 Å². The number of rotatable bonds is 12. The van der Waals surface area contributed by atoms with Gasteiger partial charge in [0.1, 0.15) is 0 Å². The molecule has 0 spiro atoms. The first kappa shape index (κ1) is 17.5. The van der Waals surface area contributed by atoms with Crippen LogP contribution in [0.4, 0.5) is 0 Å². The highest BCUT2D eigenvalue weighted by atomic mass is 14.2. The summed E-state index contributed by atoms with van der Waals surface area (Å²) in [6.07, 6.45) is 20.3. The molecule has 1 aliphatic carbocycles. The van der Waals surface area contributed by atoms with Crippen LogP contribution in [0.2, 0.25) is 0 Å². The van der Waals surface area contributed by atoms with Gasteiger partial charge in [-0.2, -0.15) is 0 Å². The van der Waals surface area contributed by atoms with E-state index in [2.05, 4.69) is 26.8 Å². The Morgan fingerprint density at radius 1 is 0.700 bits per heavy atom. The molecule has 0 atom stereocenters. The fourth-order valence-electron chi connectivity index (χ4n) is 3.27. The van der Waals surface area contributed by atoms with Gasteiger partial charge in [-0.05, 0) is 56.1 Å². The molecule has 20 heavy (non-hydrogen) atoms. The normalized spacial score (nSPS) is 15.1. The topological polar surface area (TPSA) is 0 Å². The molecule has 0 bridgehead atoms. The van der Waals surface area contributed by atoms with E-state index >= 15 is 0 Å². The minimum Gasteiger partial charge on any atom is -0.0770 e. The molecule has 0 heterocycles. The highest BCUT2D eigenvalue weighted by Crippen LogP contribution is 2.36. The Bertz CT molecular complexity index is 306. The predicted octanol–water partition coefficient (Wildman–Crippen LogP) is 7.35. The zero-order valence-electron chi connectivity index (χ0n) is 14.3. The van der Waals surface area contributed by atoms with Gasteiger partial charge in [0.05, 0.1) is 0 Å². The molecule has 0 N–H and O–H groups in total. The van der Waals surface area contributed by atoms with Gasteiger partial charge in [-0.15, -0.1) is 0 Å². The number of hydrogen-bond acceptors (Lipinski definition) is 0. The molecule has 0 amide bonds. The van der Waals surface area contributed by atoms with Gasteiger partial charge in [-0.1, -0.05) is 70.9 Å². The summed E-state index contributed by atoms with van der Waals surface area (Å²) in [6, 6.07) is 0. The van der Waals surface area contributed by atoms with E-state index in [0.717, 1.165) is 0 Å². The summed E-state index contributed by atoms with van der Waals surface area (Å²) in [4.78, 5) is 0. The molecule has 0 saturated heterocycles. The summed E-state index contributed by atoms with van der Waals surface area (Å²) < 4.78 is 0. The van der Waals surface area contributed by atoms with E-state index in [1.165, 1.54) is 83.5 Å². The molecule has 0 saturated carbocycles. The maximum absolute atomic E-state index is 2.55. The van der Waals surface area contributed by atoms with Gasteiger partial charge in [0.15, 0.2) is 0 Å². The Morgan fingerprint density at radius 2 is 1.25 bits per heavy atom. The lowest BCUT2D eigenvalue weighted by atomic mass is 9.93. The van der Waals surface area contributed by atoms with E-state index in [1.807, 2.05) is 0 Å². The van der Waals surface area contributed by atoms with Crippen molar-refractivity contribution in [3.63, 3.8) is 0 Å². The van der Waals surface area contributed by atoms with Crippen LogP contribution in [-0.2, 0) is 0 Å². The first-order valence-corrected chi connectivity index (χ1v) is 9.23. The molecule has 0 nitrogen and oxygen atoms in total. The molecule has 116 valence electrons.